The molecule has 0 bridgehead atoms. The first-order valence-electron chi connectivity index (χ1n) is 5.25. The van der Waals surface area contributed by atoms with E-state index >= 15 is 0 Å². The molecule has 0 amide bonds. The van der Waals surface area contributed by atoms with Gasteiger partial charge in [0, 0.05) is 15.8 Å². The Kier molecular flexibility index (Phi) is 5.15. The number of anilines is 1. The third-order valence-electron chi connectivity index (χ3n) is 2.55. The fraction of sp³-hybridized carbons (Fsp3) is 0.417. The standard InChI is InChI=1S/C12H16ClNO2S/c1-7(12(15)16-3)8(2)17-11-5-4-9(14)6-10(11)13/h4-8H,14H2,1-3H3. The fourth-order valence-corrected chi connectivity index (χ4v) is 2.65. The number of carbonyl (C=O) groups excluding carboxylic acids is 1. The first-order chi connectivity index (χ1) is 7.95. The summed E-state index contributed by atoms with van der Waals surface area (Å²) in [6, 6.07) is 5.37. The second kappa shape index (κ2) is 6.17. The van der Waals surface area contributed by atoms with E-state index in [1.165, 1.54) is 7.11 Å². The van der Waals surface area contributed by atoms with E-state index in [0.29, 0.717) is 10.7 Å². The van der Waals surface area contributed by atoms with Crippen molar-refractivity contribution >= 4 is 35.0 Å². The van der Waals surface area contributed by atoms with Crippen molar-refractivity contribution in [1.82, 2.24) is 0 Å². The van der Waals surface area contributed by atoms with Gasteiger partial charge in [0.05, 0.1) is 18.1 Å². The van der Waals surface area contributed by atoms with Crippen LogP contribution >= 0.6 is 23.4 Å². The molecule has 17 heavy (non-hydrogen) atoms. The molecule has 1 rings (SSSR count). The van der Waals surface area contributed by atoms with E-state index in [2.05, 4.69) is 0 Å². The van der Waals surface area contributed by atoms with E-state index in [1.807, 2.05) is 19.9 Å². The lowest BCUT2D eigenvalue weighted by molar-refractivity contribution is -0.144. The van der Waals surface area contributed by atoms with E-state index in [0.717, 1.165) is 4.90 Å². The number of methoxy groups -OCH3 is 1. The zero-order chi connectivity index (χ0) is 13.0. The van der Waals surface area contributed by atoms with Crippen molar-refractivity contribution in [3.63, 3.8) is 0 Å². The van der Waals surface area contributed by atoms with Crippen LogP contribution < -0.4 is 5.73 Å². The fourth-order valence-electron chi connectivity index (χ4n) is 1.29. The van der Waals surface area contributed by atoms with Gasteiger partial charge in [0.1, 0.15) is 0 Å². The van der Waals surface area contributed by atoms with Gasteiger partial charge < -0.3 is 10.5 Å². The van der Waals surface area contributed by atoms with Crippen LogP contribution in [0.2, 0.25) is 5.02 Å². The second-order valence-electron chi connectivity index (χ2n) is 3.82. The summed E-state index contributed by atoms with van der Waals surface area (Å²) < 4.78 is 4.71. The lowest BCUT2D eigenvalue weighted by Crippen LogP contribution is -2.21. The zero-order valence-electron chi connectivity index (χ0n) is 10.1. The lowest BCUT2D eigenvalue weighted by Gasteiger charge is -2.17. The number of ether oxygens (including phenoxy) is 1. The molecule has 0 aromatic heterocycles. The number of hydrogen-bond acceptors (Lipinski definition) is 4. The number of carbonyl (C=O) groups is 1. The second-order valence-corrected chi connectivity index (χ2v) is 5.65. The minimum Gasteiger partial charge on any atom is -0.469 e. The van der Waals surface area contributed by atoms with Gasteiger partial charge in [0.2, 0.25) is 0 Å². The highest BCUT2D eigenvalue weighted by Crippen LogP contribution is 2.34. The predicted molar refractivity (Wildman–Crippen MR) is 72.4 cm³/mol. The quantitative estimate of drug-likeness (QED) is 0.520. The van der Waals surface area contributed by atoms with Crippen molar-refractivity contribution in [3.8, 4) is 0 Å². The summed E-state index contributed by atoms with van der Waals surface area (Å²) in [5.74, 6) is -0.393. The minimum atomic E-state index is -0.212. The summed E-state index contributed by atoms with van der Waals surface area (Å²) in [5.41, 5.74) is 6.25. The third kappa shape index (κ3) is 3.82. The van der Waals surface area contributed by atoms with E-state index in [9.17, 15) is 4.79 Å². The van der Waals surface area contributed by atoms with Crippen LogP contribution in [0.15, 0.2) is 23.1 Å². The molecule has 2 unspecified atom stereocenters. The van der Waals surface area contributed by atoms with Crippen LogP contribution in [-0.2, 0) is 9.53 Å². The molecule has 94 valence electrons. The highest BCUT2D eigenvalue weighted by Gasteiger charge is 2.22. The number of rotatable bonds is 4. The van der Waals surface area contributed by atoms with Crippen molar-refractivity contribution in [1.29, 1.82) is 0 Å². The molecule has 0 fully saturated rings. The SMILES string of the molecule is COC(=O)C(C)C(C)Sc1ccc(N)cc1Cl. The van der Waals surface area contributed by atoms with Gasteiger partial charge >= 0.3 is 5.97 Å². The molecule has 0 aliphatic carbocycles. The molecule has 5 heteroatoms. The van der Waals surface area contributed by atoms with E-state index in [4.69, 9.17) is 22.1 Å². The molecule has 1 aromatic rings. The van der Waals surface area contributed by atoms with Gasteiger partial charge in [-0.2, -0.15) is 0 Å². The first-order valence-corrected chi connectivity index (χ1v) is 6.51. The van der Waals surface area contributed by atoms with Crippen LogP contribution in [0.1, 0.15) is 13.8 Å². The molecule has 2 N–H and O–H groups in total. The summed E-state index contributed by atoms with van der Waals surface area (Å²) in [4.78, 5) is 12.3. The van der Waals surface area contributed by atoms with Gasteiger partial charge in [-0.05, 0) is 18.2 Å². The van der Waals surface area contributed by atoms with Crippen LogP contribution in [-0.4, -0.2) is 18.3 Å². The number of thioether (sulfide) groups is 1. The van der Waals surface area contributed by atoms with E-state index in [-0.39, 0.29) is 17.1 Å². The zero-order valence-corrected chi connectivity index (χ0v) is 11.6. The van der Waals surface area contributed by atoms with Gasteiger partial charge in [-0.1, -0.05) is 25.4 Å². The molecule has 3 nitrogen and oxygen atoms in total. The number of hydrogen-bond donors (Lipinski definition) is 1. The average Bonchev–Trinajstić information content (AvgIpc) is 2.30. The number of nitrogens with two attached hydrogens (primary N) is 1. The summed E-state index contributed by atoms with van der Waals surface area (Å²) in [7, 11) is 1.40. The largest absolute Gasteiger partial charge is 0.469 e. The van der Waals surface area contributed by atoms with Crippen molar-refractivity contribution in [2.75, 3.05) is 12.8 Å². The Balaban J connectivity index is 2.74. The highest BCUT2D eigenvalue weighted by molar-refractivity contribution is 8.00. The van der Waals surface area contributed by atoms with Crippen molar-refractivity contribution < 1.29 is 9.53 Å². The molecule has 1 aromatic carbocycles. The molecule has 0 saturated carbocycles. The summed E-state index contributed by atoms with van der Waals surface area (Å²) in [6.45, 7) is 3.81. The maximum absolute atomic E-state index is 11.4. The average molecular weight is 274 g/mol. The predicted octanol–water partition coefficient (Wildman–Crippen LogP) is 3.21. The number of halogens is 1. The molecule has 0 spiro atoms. The maximum atomic E-state index is 11.4. The molecule has 2 atom stereocenters. The minimum absolute atomic E-state index is 0.0866. The summed E-state index contributed by atoms with van der Waals surface area (Å²) >= 11 is 7.62. The molecule has 0 heterocycles. The van der Waals surface area contributed by atoms with Crippen LogP contribution in [0.25, 0.3) is 0 Å². The van der Waals surface area contributed by atoms with Gasteiger partial charge in [-0.15, -0.1) is 11.8 Å². The Bertz CT molecular complexity index is 411. The summed E-state index contributed by atoms with van der Waals surface area (Å²) in [5, 5.41) is 0.697. The van der Waals surface area contributed by atoms with Gasteiger partial charge in [-0.25, -0.2) is 0 Å². The van der Waals surface area contributed by atoms with Crippen LogP contribution in [0.4, 0.5) is 5.69 Å². The first kappa shape index (κ1) is 14.2. The number of nitrogen functional groups attached to an aromatic ring is 1. The van der Waals surface area contributed by atoms with Crippen molar-refractivity contribution in [2.24, 2.45) is 5.92 Å². The summed E-state index contributed by atoms with van der Waals surface area (Å²) in [6.07, 6.45) is 0. The molecule has 0 saturated heterocycles. The Morgan fingerprint density at radius 2 is 2.12 bits per heavy atom. The Morgan fingerprint density at radius 1 is 1.47 bits per heavy atom. The van der Waals surface area contributed by atoms with Crippen LogP contribution in [0.3, 0.4) is 0 Å². The normalized spacial score (nSPS) is 14.1. The van der Waals surface area contributed by atoms with E-state index < -0.39 is 0 Å². The van der Waals surface area contributed by atoms with Crippen LogP contribution in [0.5, 0.6) is 0 Å². The van der Waals surface area contributed by atoms with Gasteiger partial charge in [0.15, 0.2) is 0 Å². The molecular formula is C12H16ClNO2S. The van der Waals surface area contributed by atoms with E-state index in [1.54, 1.807) is 23.9 Å². The van der Waals surface area contributed by atoms with Crippen molar-refractivity contribution in [3.05, 3.63) is 23.2 Å². The van der Waals surface area contributed by atoms with Gasteiger partial charge in [0.25, 0.3) is 0 Å². The Hall–Kier alpha value is -0.870. The smallest absolute Gasteiger partial charge is 0.309 e. The topological polar surface area (TPSA) is 52.3 Å². The maximum Gasteiger partial charge on any atom is 0.309 e. The molecule has 0 aliphatic heterocycles. The lowest BCUT2D eigenvalue weighted by atomic mass is 10.1. The Morgan fingerprint density at radius 3 is 2.65 bits per heavy atom. The molecule has 0 radical (unpaired) electrons. The van der Waals surface area contributed by atoms with Crippen molar-refractivity contribution in [2.45, 2.75) is 24.0 Å². The van der Waals surface area contributed by atoms with Crippen LogP contribution in [0, 0.1) is 5.92 Å². The molecule has 0 aliphatic rings. The monoisotopic (exact) mass is 273 g/mol. The molecular weight excluding hydrogens is 258 g/mol. The Labute approximate surface area is 111 Å². The highest BCUT2D eigenvalue weighted by atomic mass is 35.5. The van der Waals surface area contributed by atoms with Gasteiger partial charge in [-0.3, -0.25) is 4.79 Å². The number of benzene rings is 1. The third-order valence-corrected chi connectivity index (χ3v) is 4.36. The number of esters is 1.